The van der Waals surface area contributed by atoms with E-state index >= 15 is 0 Å². The van der Waals surface area contributed by atoms with E-state index in [1.807, 2.05) is 33.9 Å². The van der Waals surface area contributed by atoms with Gasteiger partial charge in [0.15, 0.2) is 0 Å². The Morgan fingerprint density at radius 2 is 2.04 bits per heavy atom. The van der Waals surface area contributed by atoms with Crippen molar-refractivity contribution in [3.8, 4) is 0 Å². The number of amides is 2. The highest BCUT2D eigenvalue weighted by Crippen LogP contribution is 2.39. The Bertz CT molecular complexity index is 783. The van der Waals surface area contributed by atoms with E-state index in [2.05, 4.69) is 30.2 Å². The molecule has 1 aliphatic heterocycles. The fraction of sp³-hybridized carbons (Fsp3) is 0.476. The van der Waals surface area contributed by atoms with Crippen LogP contribution in [-0.2, 0) is 21.5 Å². The van der Waals surface area contributed by atoms with E-state index in [9.17, 15) is 9.59 Å². The lowest BCUT2D eigenvalue weighted by molar-refractivity contribution is -0.122. The SMILES string of the molecule is CC1(C)CC(=O)N(CCCC(=O)NCCCn2ccnc2)c2ccccc21. The number of nitrogens with zero attached hydrogens (tertiary/aromatic N) is 3. The summed E-state index contributed by atoms with van der Waals surface area (Å²) < 4.78 is 1.99. The molecule has 0 fully saturated rings. The molecule has 1 aromatic carbocycles. The number of aryl methyl sites for hydroxylation is 1. The molecule has 1 N–H and O–H groups in total. The summed E-state index contributed by atoms with van der Waals surface area (Å²) in [7, 11) is 0. The van der Waals surface area contributed by atoms with Gasteiger partial charge in [-0.1, -0.05) is 32.0 Å². The summed E-state index contributed by atoms with van der Waals surface area (Å²) in [5, 5.41) is 2.95. The molecule has 27 heavy (non-hydrogen) atoms. The summed E-state index contributed by atoms with van der Waals surface area (Å²) >= 11 is 0. The molecule has 2 heterocycles. The fourth-order valence-electron chi connectivity index (χ4n) is 3.62. The number of aromatic nitrogens is 2. The Balaban J connectivity index is 1.44. The van der Waals surface area contributed by atoms with Gasteiger partial charge in [0.25, 0.3) is 0 Å². The summed E-state index contributed by atoms with van der Waals surface area (Å²) in [5.41, 5.74) is 2.05. The second-order valence-electron chi connectivity index (χ2n) is 7.73. The first-order valence-corrected chi connectivity index (χ1v) is 9.60. The lowest BCUT2D eigenvalue weighted by atomic mass is 9.77. The molecule has 2 aromatic rings. The second-order valence-corrected chi connectivity index (χ2v) is 7.73. The highest BCUT2D eigenvalue weighted by atomic mass is 16.2. The largest absolute Gasteiger partial charge is 0.356 e. The van der Waals surface area contributed by atoms with E-state index in [0.29, 0.717) is 32.4 Å². The van der Waals surface area contributed by atoms with Crippen molar-refractivity contribution in [1.29, 1.82) is 0 Å². The molecule has 6 nitrogen and oxygen atoms in total. The maximum absolute atomic E-state index is 12.6. The van der Waals surface area contributed by atoms with Crippen LogP contribution in [0.3, 0.4) is 0 Å². The molecular formula is C21H28N4O2. The Hall–Kier alpha value is -2.63. The maximum atomic E-state index is 12.6. The number of imidazole rings is 1. The summed E-state index contributed by atoms with van der Waals surface area (Å²) in [6.07, 6.45) is 7.90. The third-order valence-electron chi connectivity index (χ3n) is 5.08. The average molecular weight is 368 g/mol. The number of anilines is 1. The van der Waals surface area contributed by atoms with Gasteiger partial charge in [-0.15, -0.1) is 0 Å². The molecule has 6 heteroatoms. The zero-order valence-corrected chi connectivity index (χ0v) is 16.1. The van der Waals surface area contributed by atoms with Crippen LogP contribution < -0.4 is 10.2 Å². The minimum Gasteiger partial charge on any atom is -0.356 e. The molecular weight excluding hydrogens is 340 g/mol. The van der Waals surface area contributed by atoms with Crippen molar-refractivity contribution in [2.45, 2.75) is 51.5 Å². The van der Waals surface area contributed by atoms with Crippen molar-refractivity contribution < 1.29 is 9.59 Å². The molecule has 1 aliphatic rings. The number of carbonyl (C=O) groups is 2. The smallest absolute Gasteiger partial charge is 0.227 e. The zero-order valence-electron chi connectivity index (χ0n) is 16.1. The highest BCUT2D eigenvalue weighted by Gasteiger charge is 2.35. The minimum absolute atomic E-state index is 0.0405. The Kier molecular flexibility index (Phi) is 5.94. The second kappa shape index (κ2) is 8.37. The first kappa shape index (κ1) is 19.1. The van der Waals surface area contributed by atoms with Crippen LogP contribution in [0.5, 0.6) is 0 Å². The van der Waals surface area contributed by atoms with Crippen LogP contribution >= 0.6 is 0 Å². The van der Waals surface area contributed by atoms with Gasteiger partial charge in [-0.05, 0) is 24.5 Å². The van der Waals surface area contributed by atoms with Crippen LogP contribution in [0, 0.1) is 0 Å². The van der Waals surface area contributed by atoms with E-state index in [0.717, 1.165) is 18.7 Å². The van der Waals surface area contributed by atoms with Gasteiger partial charge in [0.05, 0.1) is 6.33 Å². The quantitative estimate of drug-likeness (QED) is 0.729. The first-order valence-electron chi connectivity index (χ1n) is 9.60. The normalized spacial score (nSPS) is 15.5. The number of carbonyl (C=O) groups excluding carboxylic acids is 2. The Morgan fingerprint density at radius 3 is 2.81 bits per heavy atom. The molecule has 144 valence electrons. The lowest BCUT2D eigenvalue weighted by Gasteiger charge is -2.38. The summed E-state index contributed by atoms with van der Waals surface area (Å²) in [6.45, 7) is 6.29. The van der Waals surface area contributed by atoms with Gasteiger partial charge < -0.3 is 14.8 Å². The molecule has 0 saturated heterocycles. The fourth-order valence-corrected chi connectivity index (χ4v) is 3.62. The summed E-state index contributed by atoms with van der Waals surface area (Å²) in [6, 6.07) is 8.09. The van der Waals surface area contributed by atoms with Gasteiger partial charge in [-0.3, -0.25) is 9.59 Å². The van der Waals surface area contributed by atoms with Crippen molar-refractivity contribution in [1.82, 2.24) is 14.9 Å². The molecule has 0 bridgehead atoms. The Morgan fingerprint density at radius 1 is 1.22 bits per heavy atom. The van der Waals surface area contributed by atoms with E-state index in [-0.39, 0.29) is 17.2 Å². The first-order chi connectivity index (χ1) is 13.0. The average Bonchev–Trinajstić information content (AvgIpc) is 3.15. The summed E-state index contributed by atoms with van der Waals surface area (Å²) in [4.78, 5) is 30.5. The number of nitrogens with one attached hydrogen (secondary N) is 1. The van der Waals surface area contributed by atoms with Crippen LogP contribution in [0.1, 0.15) is 45.1 Å². The van der Waals surface area contributed by atoms with Gasteiger partial charge in [0.1, 0.15) is 0 Å². The van der Waals surface area contributed by atoms with Crippen molar-refractivity contribution in [3.05, 3.63) is 48.5 Å². The molecule has 0 unspecified atom stereocenters. The minimum atomic E-state index is -0.142. The Labute approximate surface area is 160 Å². The molecule has 0 spiro atoms. The van der Waals surface area contributed by atoms with Crippen LogP contribution in [-0.4, -0.2) is 34.5 Å². The van der Waals surface area contributed by atoms with Crippen LogP contribution in [0.25, 0.3) is 0 Å². The van der Waals surface area contributed by atoms with Crippen LogP contribution in [0.4, 0.5) is 5.69 Å². The maximum Gasteiger partial charge on any atom is 0.227 e. The number of hydrogen-bond acceptors (Lipinski definition) is 3. The lowest BCUT2D eigenvalue weighted by Crippen LogP contribution is -2.42. The number of para-hydroxylation sites is 1. The van der Waals surface area contributed by atoms with E-state index in [1.165, 1.54) is 5.56 Å². The number of benzene rings is 1. The molecule has 2 amide bonds. The standard InChI is InChI=1S/C21H28N4O2/c1-21(2)15-20(27)25(18-8-4-3-7-17(18)21)13-5-9-19(26)23-10-6-12-24-14-11-22-16-24/h3-4,7-8,11,14,16H,5-6,9-10,12-13,15H2,1-2H3,(H,23,26). The van der Waals surface area contributed by atoms with Crippen molar-refractivity contribution in [2.24, 2.45) is 0 Å². The van der Waals surface area contributed by atoms with Crippen LogP contribution in [0.2, 0.25) is 0 Å². The molecule has 0 saturated carbocycles. The number of fused-ring (bicyclic) bond motifs is 1. The van der Waals surface area contributed by atoms with Crippen molar-refractivity contribution in [3.63, 3.8) is 0 Å². The predicted octanol–water partition coefficient (Wildman–Crippen LogP) is 2.88. The molecule has 0 aliphatic carbocycles. The van der Waals surface area contributed by atoms with Gasteiger partial charge >= 0.3 is 0 Å². The van der Waals surface area contributed by atoms with E-state index < -0.39 is 0 Å². The molecule has 1 aromatic heterocycles. The monoisotopic (exact) mass is 368 g/mol. The van der Waals surface area contributed by atoms with Crippen molar-refractivity contribution in [2.75, 3.05) is 18.0 Å². The van der Waals surface area contributed by atoms with Crippen molar-refractivity contribution >= 4 is 17.5 Å². The van der Waals surface area contributed by atoms with E-state index in [1.54, 1.807) is 12.5 Å². The van der Waals surface area contributed by atoms with Gasteiger partial charge in [0, 0.05) is 56.0 Å². The van der Waals surface area contributed by atoms with Gasteiger partial charge in [0.2, 0.25) is 11.8 Å². The highest BCUT2D eigenvalue weighted by molar-refractivity contribution is 5.97. The van der Waals surface area contributed by atoms with Crippen LogP contribution in [0.15, 0.2) is 43.0 Å². The summed E-state index contributed by atoms with van der Waals surface area (Å²) in [5.74, 6) is 0.179. The third-order valence-corrected chi connectivity index (χ3v) is 5.08. The number of rotatable bonds is 8. The van der Waals surface area contributed by atoms with Gasteiger partial charge in [-0.25, -0.2) is 4.98 Å². The van der Waals surface area contributed by atoms with E-state index in [4.69, 9.17) is 0 Å². The molecule has 0 atom stereocenters. The zero-order chi connectivity index (χ0) is 19.3. The predicted molar refractivity (Wildman–Crippen MR) is 106 cm³/mol. The molecule has 3 rings (SSSR count). The topological polar surface area (TPSA) is 67.2 Å². The number of hydrogen-bond donors (Lipinski definition) is 1. The van der Waals surface area contributed by atoms with Gasteiger partial charge in [-0.2, -0.15) is 0 Å². The third kappa shape index (κ3) is 4.76. The molecule has 0 radical (unpaired) electrons.